The second kappa shape index (κ2) is 20.8. The quantitative estimate of drug-likeness (QED) is 0.0563. The van der Waals surface area contributed by atoms with Crippen molar-refractivity contribution < 1.29 is 48.2 Å². The van der Waals surface area contributed by atoms with Crippen LogP contribution >= 0.6 is 0 Å². The van der Waals surface area contributed by atoms with Gasteiger partial charge >= 0.3 is 11.9 Å². The van der Waals surface area contributed by atoms with Crippen molar-refractivity contribution in [2.45, 2.75) is 50.4 Å². The van der Waals surface area contributed by atoms with E-state index in [9.17, 15) is 9.59 Å². The van der Waals surface area contributed by atoms with Gasteiger partial charge in [-0.25, -0.2) is 0 Å². The van der Waals surface area contributed by atoms with Crippen molar-refractivity contribution >= 4 is 11.9 Å². The molecule has 10 heteroatoms. The first-order valence-corrected chi connectivity index (χ1v) is 24.0. The molecule has 0 saturated heterocycles. The van der Waals surface area contributed by atoms with Crippen molar-refractivity contribution in [3.8, 4) is 35.2 Å². The molecule has 6 aromatic carbocycles. The molecule has 12 rings (SSSR count). The van der Waals surface area contributed by atoms with E-state index < -0.39 is 11.9 Å². The molecule has 6 aliphatic rings. The molecule has 6 aliphatic carbocycles. The third-order valence-corrected chi connectivity index (χ3v) is 13.9. The van der Waals surface area contributed by atoms with Crippen LogP contribution in [0.2, 0.25) is 0 Å². The standard InChI is InChI=1S/C60H54O10/c1-3-12-38-35-50(70-34-32-68-30-28-66-26-24-52(63)64)39(36-49(38)69-33-31-67-29-27-65-25-23-51(61)62)21-22-48-59-53(55-40-13-4-8-17-44(40)57(59)45-18-9-5-14-41(45)55)37(2)54-56-42-15-6-10-19-46(42)58(60(48)54)47-20-11-7-16-43(47)56/h4-11,13-20,35-36,55-58H,23-34H2,1-2H3,(H,61,62)(H,63,64). The molecule has 4 bridgehead atoms. The van der Waals surface area contributed by atoms with Gasteiger partial charge in [-0.05, 0) is 86.2 Å². The van der Waals surface area contributed by atoms with Gasteiger partial charge in [0.25, 0.3) is 0 Å². The zero-order valence-corrected chi connectivity index (χ0v) is 39.3. The van der Waals surface area contributed by atoms with E-state index in [1.165, 1.54) is 72.3 Å². The van der Waals surface area contributed by atoms with Crippen molar-refractivity contribution in [2.75, 3.05) is 66.1 Å². The topological polar surface area (TPSA) is 130 Å². The summed E-state index contributed by atoms with van der Waals surface area (Å²) in [7, 11) is 0. The van der Waals surface area contributed by atoms with Crippen LogP contribution < -0.4 is 9.47 Å². The summed E-state index contributed by atoms with van der Waals surface area (Å²) in [6, 6.07) is 39.6. The molecular weight excluding hydrogens is 881 g/mol. The largest absolute Gasteiger partial charge is 0.490 e. The zero-order valence-electron chi connectivity index (χ0n) is 39.3. The molecule has 0 aliphatic heterocycles. The lowest BCUT2D eigenvalue weighted by Gasteiger charge is -2.49. The van der Waals surface area contributed by atoms with Crippen molar-refractivity contribution in [1.29, 1.82) is 0 Å². The first-order valence-electron chi connectivity index (χ1n) is 24.0. The fourth-order valence-electron chi connectivity index (χ4n) is 11.1. The zero-order chi connectivity index (χ0) is 48.1. The summed E-state index contributed by atoms with van der Waals surface area (Å²) in [6.07, 6.45) is -0.125. The lowest BCUT2D eigenvalue weighted by Crippen LogP contribution is -2.35. The van der Waals surface area contributed by atoms with Gasteiger partial charge in [0, 0.05) is 41.4 Å². The Morgan fingerprint density at radius 3 is 1.10 bits per heavy atom. The summed E-state index contributed by atoms with van der Waals surface area (Å²) in [5.74, 6) is 13.2. The Morgan fingerprint density at radius 2 is 0.757 bits per heavy atom. The maximum absolute atomic E-state index is 10.9. The van der Waals surface area contributed by atoms with Gasteiger partial charge in [-0.3, -0.25) is 9.59 Å². The van der Waals surface area contributed by atoms with E-state index in [1.54, 1.807) is 6.92 Å². The molecule has 0 radical (unpaired) electrons. The van der Waals surface area contributed by atoms with Crippen LogP contribution in [0.3, 0.4) is 0 Å². The third-order valence-electron chi connectivity index (χ3n) is 13.9. The van der Waals surface area contributed by atoms with Crippen LogP contribution in [0, 0.1) is 30.6 Å². The summed E-state index contributed by atoms with van der Waals surface area (Å²) in [4.78, 5) is 21.7. The van der Waals surface area contributed by atoms with E-state index in [-0.39, 0.29) is 96.0 Å². The highest BCUT2D eigenvalue weighted by atomic mass is 16.6. The number of benzene rings is 6. The average molecular weight is 935 g/mol. The monoisotopic (exact) mass is 934 g/mol. The Kier molecular flexibility index (Phi) is 13.8. The Balaban J connectivity index is 1.07. The summed E-state index contributed by atoms with van der Waals surface area (Å²) in [5, 5.41) is 17.8. The molecule has 0 saturated carbocycles. The molecule has 0 unspecified atom stereocenters. The second-order valence-corrected chi connectivity index (χ2v) is 17.8. The van der Waals surface area contributed by atoms with Crippen molar-refractivity contribution in [1.82, 2.24) is 0 Å². The molecule has 0 aromatic heterocycles. The van der Waals surface area contributed by atoms with Gasteiger partial charge in [0.2, 0.25) is 0 Å². The van der Waals surface area contributed by atoms with Crippen molar-refractivity contribution in [2.24, 2.45) is 0 Å². The van der Waals surface area contributed by atoms with Crippen molar-refractivity contribution in [3.63, 3.8) is 0 Å². The smallest absolute Gasteiger partial charge is 0.305 e. The van der Waals surface area contributed by atoms with Gasteiger partial charge in [0.05, 0.1) is 76.8 Å². The van der Waals surface area contributed by atoms with Crippen LogP contribution in [0.1, 0.15) is 132 Å². The van der Waals surface area contributed by atoms with Gasteiger partial charge < -0.3 is 38.6 Å². The minimum absolute atomic E-state index is 0.0173. The predicted molar refractivity (Wildman–Crippen MR) is 264 cm³/mol. The molecule has 0 amide bonds. The molecule has 6 aromatic rings. The number of carbonyl (C=O) groups is 2. The number of rotatable bonds is 20. The average Bonchev–Trinajstić information content (AvgIpc) is 3.37. The molecule has 0 atom stereocenters. The molecule has 2 N–H and O–H groups in total. The van der Waals surface area contributed by atoms with Crippen LogP contribution in [0.4, 0.5) is 0 Å². The minimum atomic E-state index is -0.908. The number of ether oxygens (including phenoxy) is 6. The summed E-state index contributed by atoms with van der Waals surface area (Å²) in [6.45, 7) is 6.49. The third kappa shape index (κ3) is 8.85. The highest BCUT2D eigenvalue weighted by molar-refractivity contribution is 5.81. The van der Waals surface area contributed by atoms with Gasteiger partial charge in [-0.15, -0.1) is 5.92 Å². The van der Waals surface area contributed by atoms with E-state index in [0.717, 1.165) is 5.56 Å². The second-order valence-electron chi connectivity index (χ2n) is 17.8. The summed E-state index contributed by atoms with van der Waals surface area (Å²) >= 11 is 0. The fourth-order valence-corrected chi connectivity index (χ4v) is 11.1. The molecule has 354 valence electrons. The molecule has 0 fully saturated rings. The molecule has 0 spiro atoms. The molecule has 10 nitrogen and oxygen atoms in total. The van der Waals surface area contributed by atoms with Crippen LogP contribution in [-0.4, -0.2) is 88.2 Å². The highest BCUT2D eigenvalue weighted by Crippen LogP contribution is 2.63. The van der Waals surface area contributed by atoms with E-state index in [1.807, 2.05) is 12.1 Å². The number of carboxylic acid groups (broad SMARTS) is 2. The first-order chi connectivity index (χ1) is 34.4. The molecular formula is C60H54O10. The van der Waals surface area contributed by atoms with E-state index in [4.69, 9.17) is 38.6 Å². The number of hydrogen-bond acceptors (Lipinski definition) is 8. The predicted octanol–water partition coefficient (Wildman–Crippen LogP) is 9.51. The Morgan fingerprint density at radius 1 is 0.443 bits per heavy atom. The lowest BCUT2D eigenvalue weighted by molar-refractivity contribution is -0.139. The van der Waals surface area contributed by atoms with E-state index in [0.29, 0.717) is 29.2 Å². The number of carboxylic acids is 2. The number of aliphatic carboxylic acids is 2. The minimum Gasteiger partial charge on any atom is -0.490 e. The van der Waals surface area contributed by atoms with Gasteiger partial charge in [0.1, 0.15) is 24.7 Å². The first kappa shape index (κ1) is 46.5. The van der Waals surface area contributed by atoms with E-state index >= 15 is 0 Å². The summed E-state index contributed by atoms with van der Waals surface area (Å²) in [5.41, 5.74) is 19.7. The number of hydrogen-bond donors (Lipinski definition) is 2. The molecule has 0 heterocycles. The van der Waals surface area contributed by atoms with Gasteiger partial charge in [0.15, 0.2) is 0 Å². The SMILES string of the molecule is CC#Cc1cc(OCCOCCOCCC(=O)O)c(C#Cc2c3c(c(C)c4c2C2c5ccccc5C4c4ccccc42)C2c4ccccc4C3c3ccccc32)cc1OCCOCCOCCC(=O)O. The Labute approximate surface area is 408 Å². The molecule has 70 heavy (non-hydrogen) atoms. The van der Waals surface area contributed by atoms with Crippen LogP contribution in [0.25, 0.3) is 0 Å². The summed E-state index contributed by atoms with van der Waals surface area (Å²) < 4.78 is 35.3. The fraction of sp³-hybridized carbons (Fsp3) is 0.300. The Bertz CT molecular complexity index is 2890. The van der Waals surface area contributed by atoms with Crippen LogP contribution in [0.5, 0.6) is 11.5 Å². The lowest BCUT2D eigenvalue weighted by atomic mass is 9.53. The highest BCUT2D eigenvalue weighted by Gasteiger charge is 2.49. The normalized spacial score (nSPS) is 16.8. The van der Waals surface area contributed by atoms with E-state index in [2.05, 4.69) is 128 Å². The van der Waals surface area contributed by atoms with Crippen LogP contribution in [-0.2, 0) is 28.5 Å². The maximum Gasteiger partial charge on any atom is 0.305 e. The van der Waals surface area contributed by atoms with Gasteiger partial charge in [-0.2, -0.15) is 0 Å². The van der Waals surface area contributed by atoms with Crippen LogP contribution in [0.15, 0.2) is 109 Å². The Hall–Kier alpha value is -7.18. The maximum atomic E-state index is 10.9. The van der Waals surface area contributed by atoms with Crippen molar-refractivity contribution in [3.05, 3.63) is 198 Å². The van der Waals surface area contributed by atoms with Gasteiger partial charge in [-0.1, -0.05) is 115 Å².